The van der Waals surface area contributed by atoms with Crippen LogP contribution in [0.3, 0.4) is 0 Å². The van der Waals surface area contributed by atoms with Crippen molar-refractivity contribution in [3.63, 3.8) is 0 Å². The zero-order valence-corrected chi connectivity index (χ0v) is 13.0. The zero-order chi connectivity index (χ0) is 17.1. The summed E-state index contributed by atoms with van der Waals surface area (Å²) in [5, 5.41) is 10.7. The van der Waals surface area contributed by atoms with Crippen LogP contribution in [0.15, 0.2) is 48.7 Å². The fourth-order valence-corrected chi connectivity index (χ4v) is 2.23. The standard InChI is InChI=1S/C16H11ClF2N4O/c17-11-2-1-3-13(6-11)23-9-15(21-22-23)16(24)20-8-10-4-5-12(18)7-14(10)19/h1-7,9H,8H2,(H,20,24). The number of aromatic nitrogens is 3. The van der Waals surface area contributed by atoms with Gasteiger partial charge in [0.1, 0.15) is 11.6 Å². The first kappa shape index (κ1) is 16.1. The lowest BCUT2D eigenvalue weighted by Crippen LogP contribution is -2.23. The van der Waals surface area contributed by atoms with E-state index >= 15 is 0 Å². The summed E-state index contributed by atoms with van der Waals surface area (Å²) in [6.45, 7) is -0.0883. The Kier molecular flexibility index (Phi) is 4.52. The maximum atomic E-state index is 13.5. The minimum Gasteiger partial charge on any atom is -0.346 e. The normalized spacial score (nSPS) is 10.6. The van der Waals surface area contributed by atoms with Crippen molar-refractivity contribution in [1.29, 1.82) is 0 Å². The first-order chi connectivity index (χ1) is 11.5. The highest BCUT2D eigenvalue weighted by atomic mass is 35.5. The Bertz CT molecular complexity index is 897. The van der Waals surface area contributed by atoms with Gasteiger partial charge in [0.25, 0.3) is 5.91 Å². The van der Waals surface area contributed by atoms with Crippen LogP contribution in [0, 0.1) is 11.6 Å². The summed E-state index contributed by atoms with van der Waals surface area (Å²) >= 11 is 5.90. The molecule has 1 amide bonds. The molecule has 1 heterocycles. The predicted octanol–water partition coefficient (Wildman–Crippen LogP) is 3.13. The molecule has 24 heavy (non-hydrogen) atoms. The quantitative estimate of drug-likeness (QED) is 0.788. The zero-order valence-electron chi connectivity index (χ0n) is 12.2. The third kappa shape index (κ3) is 3.57. The summed E-state index contributed by atoms with van der Waals surface area (Å²) in [6, 6.07) is 10.1. The predicted molar refractivity (Wildman–Crippen MR) is 83.9 cm³/mol. The third-order valence-corrected chi connectivity index (χ3v) is 3.49. The molecule has 0 unspecified atom stereocenters. The van der Waals surface area contributed by atoms with Crippen LogP contribution in [-0.2, 0) is 6.54 Å². The van der Waals surface area contributed by atoms with Crippen molar-refractivity contribution in [1.82, 2.24) is 20.3 Å². The maximum Gasteiger partial charge on any atom is 0.273 e. The lowest BCUT2D eigenvalue weighted by atomic mass is 10.2. The molecule has 8 heteroatoms. The monoisotopic (exact) mass is 348 g/mol. The van der Waals surface area contributed by atoms with E-state index in [1.807, 2.05) is 0 Å². The number of benzene rings is 2. The van der Waals surface area contributed by atoms with Gasteiger partial charge < -0.3 is 5.32 Å². The van der Waals surface area contributed by atoms with Gasteiger partial charge in [0.2, 0.25) is 0 Å². The molecule has 1 aromatic heterocycles. The van der Waals surface area contributed by atoms with Crippen molar-refractivity contribution in [2.45, 2.75) is 6.54 Å². The number of halogens is 3. The van der Waals surface area contributed by atoms with E-state index in [1.54, 1.807) is 24.3 Å². The minimum atomic E-state index is -0.724. The summed E-state index contributed by atoms with van der Waals surface area (Å²) in [7, 11) is 0. The van der Waals surface area contributed by atoms with Crippen molar-refractivity contribution in [2.24, 2.45) is 0 Å². The van der Waals surface area contributed by atoms with Gasteiger partial charge in [-0.25, -0.2) is 13.5 Å². The van der Waals surface area contributed by atoms with Crippen LogP contribution in [0.4, 0.5) is 8.78 Å². The van der Waals surface area contributed by atoms with Gasteiger partial charge in [-0.1, -0.05) is 28.9 Å². The van der Waals surface area contributed by atoms with E-state index in [-0.39, 0.29) is 17.8 Å². The van der Waals surface area contributed by atoms with Crippen LogP contribution in [0.5, 0.6) is 0 Å². The summed E-state index contributed by atoms with van der Waals surface area (Å²) < 4.78 is 27.8. The summed E-state index contributed by atoms with van der Waals surface area (Å²) in [6.07, 6.45) is 1.43. The Hall–Kier alpha value is -2.80. The van der Waals surface area contributed by atoms with E-state index in [9.17, 15) is 13.6 Å². The highest BCUT2D eigenvalue weighted by molar-refractivity contribution is 6.30. The Labute approximate surface area is 140 Å². The smallest absolute Gasteiger partial charge is 0.273 e. The van der Waals surface area contributed by atoms with Crippen LogP contribution in [0.2, 0.25) is 5.02 Å². The highest BCUT2D eigenvalue weighted by Gasteiger charge is 2.12. The summed E-state index contributed by atoms with van der Waals surface area (Å²) in [5.41, 5.74) is 0.892. The van der Waals surface area contributed by atoms with Crippen LogP contribution in [-0.4, -0.2) is 20.9 Å². The molecule has 0 aliphatic rings. The van der Waals surface area contributed by atoms with Crippen LogP contribution >= 0.6 is 11.6 Å². The number of hydrogen-bond acceptors (Lipinski definition) is 3. The van der Waals surface area contributed by atoms with Gasteiger partial charge in [0, 0.05) is 23.2 Å². The second-order valence-electron chi connectivity index (χ2n) is 4.95. The number of amides is 1. The van der Waals surface area contributed by atoms with Crippen LogP contribution < -0.4 is 5.32 Å². The van der Waals surface area contributed by atoms with Gasteiger partial charge in [-0.05, 0) is 24.3 Å². The average Bonchev–Trinajstić information content (AvgIpc) is 3.04. The molecule has 0 atom stereocenters. The van der Waals surface area contributed by atoms with E-state index in [1.165, 1.54) is 16.9 Å². The number of carbonyl (C=O) groups excluding carboxylic acids is 1. The summed E-state index contributed by atoms with van der Waals surface area (Å²) in [4.78, 5) is 12.1. The van der Waals surface area contributed by atoms with Crippen molar-refractivity contribution in [3.8, 4) is 5.69 Å². The molecule has 2 aromatic carbocycles. The topological polar surface area (TPSA) is 59.8 Å². The molecule has 122 valence electrons. The fraction of sp³-hybridized carbons (Fsp3) is 0.0625. The molecule has 3 aromatic rings. The Balaban J connectivity index is 1.70. The number of rotatable bonds is 4. The Morgan fingerprint density at radius 1 is 1.21 bits per heavy atom. The van der Waals surface area contributed by atoms with Crippen LogP contribution in [0.25, 0.3) is 5.69 Å². The van der Waals surface area contributed by atoms with E-state index in [2.05, 4.69) is 15.6 Å². The lowest BCUT2D eigenvalue weighted by molar-refractivity contribution is 0.0945. The minimum absolute atomic E-state index is 0.0671. The molecular weight excluding hydrogens is 338 g/mol. The van der Waals surface area contributed by atoms with Gasteiger partial charge in [-0.2, -0.15) is 0 Å². The van der Waals surface area contributed by atoms with Crippen molar-refractivity contribution >= 4 is 17.5 Å². The number of hydrogen-bond donors (Lipinski definition) is 1. The van der Waals surface area contributed by atoms with Gasteiger partial charge in [-0.3, -0.25) is 4.79 Å². The van der Waals surface area contributed by atoms with Gasteiger partial charge in [0.15, 0.2) is 5.69 Å². The van der Waals surface area contributed by atoms with Crippen molar-refractivity contribution in [3.05, 3.63) is 76.6 Å². The van der Waals surface area contributed by atoms with Crippen LogP contribution in [0.1, 0.15) is 16.1 Å². The average molecular weight is 349 g/mol. The number of nitrogens with zero attached hydrogens (tertiary/aromatic N) is 3. The molecule has 3 rings (SSSR count). The van der Waals surface area contributed by atoms with Gasteiger partial charge in [-0.15, -0.1) is 5.10 Å². The first-order valence-electron chi connectivity index (χ1n) is 6.93. The SMILES string of the molecule is O=C(NCc1ccc(F)cc1F)c1cn(-c2cccc(Cl)c2)nn1. The van der Waals surface area contributed by atoms with E-state index < -0.39 is 17.5 Å². The summed E-state index contributed by atoms with van der Waals surface area (Å²) in [5.74, 6) is -1.92. The molecule has 0 radical (unpaired) electrons. The highest BCUT2D eigenvalue weighted by Crippen LogP contribution is 2.14. The first-order valence-corrected chi connectivity index (χ1v) is 7.31. The Morgan fingerprint density at radius 2 is 2.04 bits per heavy atom. The Morgan fingerprint density at radius 3 is 2.79 bits per heavy atom. The molecule has 0 bridgehead atoms. The van der Waals surface area contributed by atoms with E-state index in [4.69, 9.17) is 11.6 Å². The molecule has 0 spiro atoms. The molecule has 0 saturated carbocycles. The van der Waals surface area contributed by atoms with Crippen molar-refractivity contribution in [2.75, 3.05) is 0 Å². The molecule has 0 aliphatic carbocycles. The molecular formula is C16H11ClF2N4O. The third-order valence-electron chi connectivity index (χ3n) is 3.25. The second kappa shape index (κ2) is 6.76. The number of carbonyl (C=O) groups is 1. The molecule has 0 aliphatic heterocycles. The lowest BCUT2D eigenvalue weighted by Gasteiger charge is -2.04. The van der Waals surface area contributed by atoms with E-state index in [0.717, 1.165) is 12.1 Å². The van der Waals surface area contributed by atoms with E-state index in [0.29, 0.717) is 10.7 Å². The largest absolute Gasteiger partial charge is 0.346 e. The molecule has 5 nitrogen and oxygen atoms in total. The second-order valence-corrected chi connectivity index (χ2v) is 5.38. The van der Waals surface area contributed by atoms with Gasteiger partial charge in [0.05, 0.1) is 11.9 Å². The molecule has 1 N–H and O–H groups in total. The van der Waals surface area contributed by atoms with Gasteiger partial charge >= 0.3 is 0 Å². The van der Waals surface area contributed by atoms with Crippen molar-refractivity contribution < 1.29 is 13.6 Å². The maximum absolute atomic E-state index is 13.5. The fourth-order valence-electron chi connectivity index (χ4n) is 2.04. The number of nitrogens with one attached hydrogen (secondary N) is 1. The molecule has 0 fully saturated rings. The molecule has 0 saturated heterocycles.